The molecule has 8 aromatic carbocycles. The molecule has 2 heterocycles. The third-order valence-electron chi connectivity index (χ3n) is 8.42. The first-order valence-electron chi connectivity index (χ1n) is 22.0. The predicted octanol–water partition coefficient (Wildman–Crippen LogP) is 12.8. The number of rotatable bonds is 3. The van der Waals surface area contributed by atoms with Crippen molar-refractivity contribution in [1.29, 1.82) is 0 Å². The average molecular weight is 602 g/mol. The van der Waals surface area contributed by atoms with Gasteiger partial charge in [-0.05, 0) is 78.8 Å². The zero-order valence-corrected chi connectivity index (χ0v) is 23.7. The van der Waals surface area contributed by atoms with Crippen molar-refractivity contribution in [2.24, 2.45) is 0 Å². The van der Waals surface area contributed by atoms with Gasteiger partial charge in [0.2, 0.25) is 0 Å². The molecule has 0 atom stereocenters. The van der Waals surface area contributed by atoms with Crippen molar-refractivity contribution in [3.63, 3.8) is 0 Å². The van der Waals surface area contributed by atoms with E-state index in [1.54, 1.807) is 30.3 Å². The molecule has 214 valence electrons. The van der Waals surface area contributed by atoms with Gasteiger partial charge in [0.05, 0.1) is 25.9 Å². The van der Waals surface area contributed by atoms with E-state index in [1.807, 2.05) is 36.4 Å². The van der Waals surface area contributed by atoms with Crippen LogP contribution in [0.15, 0.2) is 166 Å². The van der Waals surface area contributed by atoms with E-state index in [9.17, 15) is 6.85 Å². The minimum Gasteiger partial charge on any atom is -0.456 e. The quantitative estimate of drug-likeness (QED) is 0.188. The van der Waals surface area contributed by atoms with E-state index < -0.39 is 107 Å². The first-order valence-corrected chi connectivity index (χ1v) is 14.5. The van der Waals surface area contributed by atoms with E-state index in [0.29, 0.717) is 38.7 Å². The highest BCUT2D eigenvalue weighted by atomic mass is 16.3. The summed E-state index contributed by atoms with van der Waals surface area (Å²) in [6, 6.07) is 9.45. The van der Waals surface area contributed by atoms with Crippen LogP contribution in [0.2, 0.25) is 0 Å². The summed E-state index contributed by atoms with van der Waals surface area (Å²) in [4.78, 5) is 0. The van der Waals surface area contributed by atoms with Crippen LogP contribution >= 0.6 is 0 Å². The number of hydrogen-bond acceptors (Lipinski definition) is 2. The Hall–Kier alpha value is -6.12. The Balaban J connectivity index is 1.47. The summed E-state index contributed by atoms with van der Waals surface area (Å²) in [5.41, 5.74) is 1.56. The van der Waals surface area contributed by atoms with Crippen molar-refractivity contribution < 1.29 is 29.4 Å². The molecule has 10 rings (SSSR count). The molecule has 0 fully saturated rings. The summed E-state index contributed by atoms with van der Waals surface area (Å²) in [5.74, 6) is 0.587. The molecule has 0 saturated carbocycles. The van der Waals surface area contributed by atoms with Crippen molar-refractivity contribution >= 4 is 65.2 Å². The Morgan fingerprint density at radius 1 is 0.435 bits per heavy atom. The minimum absolute atomic E-state index is 0.0146. The maximum absolute atomic E-state index is 9.47. The normalized spacial score (nSPS) is 16.5. The van der Waals surface area contributed by atoms with Crippen LogP contribution in [0.25, 0.3) is 98.8 Å². The largest absolute Gasteiger partial charge is 0.456 e. The summed E-state index contributed by atoms with van der Waals surface area (Å²) < 4.78 is 148. The van der Waals surface area contributed by atoms with Crippen molar-refractivity contribution in [2.75, 3.05) is 0 Å². The molecule has 0 bridgehead atoms. The molecule has 0 aliphatic carbocycles. The lowest BCUT2D eigenvalue weighted by atomic mass is 9.84. The molecule has 0 spiro atoms. The standard InChI is InChI=1S/C44H26O2/c1-2-13-28(14-3-1)40-26-37-38(45-40)25-24-36-43-35(22-11-23-39(43)46-44(36)37)42-33-19-8-6-17-31(33)41(32-18-7-9-20-34(32)42)30-21-10-15-27-12-4-5-16-29(27)30/h1-26H/i4D,5D,6D,7D,8D,9D,10D,12D,15D,16D,17D,18D,19D,20D,21D. The molecule has 0 radical (unpaired) electrons. The number of hydrogen-bond donors (Lipinski definition) is 0. The molecule has 2 nitrogen and oxygen atoms in total. The fourth-order valence-corrected chi connectivity index (χ4v) is 6.49. The highest BCUT2D eigenvalue weighted by Gasteiger charge is 2.22. The van der Waals surface area contributed by atoms with E-state index in [0.717, 1.165) is 5.56 Å². The second-order valence-corrected chi connectivity index (χ2v) is 10.9. The topological polar surface area (TPSA) is 26.3 Å². The van der Waals surface area contributed by atoms with Crippen LogP contribution in [-0.2, 0) is 0 Å². The van der Waals surface area contributed by atoms with Gasteiger partial charge in [-0.1, -0.05) is 133 Å². The molecule has 0 aliphatic rings. The van der Waals surface area contributed by atoms with Crippen LogP contribution in [0.5, 0.6) is 0 Å². The smallest absolute Gasteiger partial charge is 0.146 e. The van der Waals surface area contributed by atoms with Crippen molar-refractivity contribution in [3.8, 4) is 33.6 Å². The van der Waals surface area contributed by atoms with Gasteiger partial charge in [0.15, 0.2) is 0 Å². The van der Waals surface area contributed by atoms with Gasteiger partial charge in [-0.3, -0.25) is 0 Å². The Morgan fingerprint density at radius 2 is 1.09 bits per heavy atom. The van der Waals surface area contributed by atoms with Gasteiger partial charge in [-0.2, -0.15) is 0 Å². The lowest BCUT2D eigenvalue weighted by molar-refractivity contribution is 0.631. The zero-order chi connectivity index (χ0) is 43.2. The van der Waals surface area contributed by atoms with E-state index in [4.69, 9.17) is 22.5 Å². The lowest BCUT2D eigenvalue weighted by Crippen LogP contribution is -1.92. The average Bonchev–Trinajstić information content (AvgIpc) is 3.88. The van der Waals surface area contributed by atoms with Gasteiger partial charge in [0, 0.05) is 16.3 Å². The Morgan fingerprint density at radius 3 is 1.83 bits per heavy atom. The summed E-state index contributed by atoms with van der Waals surface area (Å²) in [7, 11) is 0. The van der Waals surface area contributed by atoms with E-state index in [2.05, 4.69) is 0 Å². The Bertz CT molecular complexity index is 3560. The first kappa shape index (κ1) is 14.8. The number of furan rings is 2. The van der Waals surface area contributed by atoms with Gasteiger partial charge < -0.3 is 8.83 Å². The molecule has 10 aromatic rings. The molecular weight excluding hydrogens is 560 g/mol. The first-order chi connectivity index (χ1) is 29.1. The Kier molecular flexibility index (Phi) is 3.11. The maximum Gasteiger partial charge on any atom is 0.146 e. The Labute approximate surface area is 285 Å². The minimum atomic E-state index is -0.768. The van der Waals surface area contributed by atoms with Gasteiger partial charge >= 0.3 is 0 Å². The second-order valence-electron chi connectivity index (χ2n) is 10.9. The molecular formula is C44H26O2. The fraction of sp³-hybridized carbons (Fsp3) is 0. The van der Waals surface area contributed by atoms with Gasteiger partial charge in [-0.25, -0.2) is 0 Å². The lowest BCUT2D eigenvalue weighted by Gasteiger charge is -2.19. The second kappa shape index (κ2) is 9.69. The van der Waals surface area contributed by atoms with Crippen molar-refractivity contribution in [3.05, 3.63) is 157 Å². The number of fused-ring (bicyclic) bond motifs is 8. The third kappa shape index (κ3) is 3.59. The van der Waals surface area contributed by atoms with Crippen LogP contribution in [0.4, 0.5) is 0 Å². The summed E-state index contributed by atoms with van der Waals surface area (Å²) in [6.07, 6.45) is 0. The van der Waals surface area contributed by atoms with Gasteiger partial charge in [0.1, 0.15) is 22.5 Å². The van der Waals surface area contributed by atoms with E-state index in [-0.39, 0.29) is 38.2 Å². The highest BCUT2D eigenvalue weighted by molar-refractivity contribution is 6.28. The third-order valence-corrected chi connectivity index (χ3v) is 8.42. The number of benzene rings is 8. The van der Waals surface area contributed by atoms with Crippen LogP contribution in [0, 0.1) is 0 Å². The van der Waals surface area contributed by atoms with Crippen LogP contribution in [-0.4, -0.2) is 0 Å². The van der Waals surface area contributed by atoms with Crippen LogP contribution in [0.1, 0.15) is 20.6 Å². The zero-order valence-electron chi connectivity index (χ0n) is 38.7. The maximum atomic E-state index is 9.47. The molecule has 2 heteroatoms. The van der Waals surface area contributed by atoms with Gasteiger partial charge in [0.25, 0.3) is 0 Å². The molecule has 0 N–H and O–H groups in total. The van der Waals surface area contributed by atoms with E-state index >= 15 is 0 Å². The fourth-order valence-electron chi connectivity index (χ4n) is 6.49. The molecule has 0 unspecified atom stereocenters. The summed E-state index contributed by atoms with van der Waals surface area (Å²) in [5, 5.41) is -0.304. The van der Waals surface area contributed by atoms with E-state index in [1.165, 1.54) is 0 Å². The SMILES string of the molecule is [2H]c1c([2H])c([2H])c2c(-c3c4c([2H])c([2H])c([2H])c([2H])c4c(-c4cccc5oc6c7cc(-c8ccccc8)oc7ccc6c45)c4c([2H])c([2H])c([2H])c([2H])c34)c([2H])c([2H])c([2H])c2c1[2H]. The van der Waals surface area contributed by atoms with Crippen molar-refractivity contribution in [1.82, 2.24) is 0 Å². The van der Waals surface area contributed by atoms with Gasteiger partial charge in [-0.15, -0.1) is 0 Å². The van der Waals surface area contributed by atoms with Crippen molar-refractivity contribution in [2.45, 2.75) is 0 Å². The summed E-state index contributed by atoms with van der Waals surface area (Å²) in [6.45, 7) is 0. The molecule has 0 amide bonds. The molecule has 0 saturated heterocycles. The monoisotopic (exact) mass is 601 g/mol. The molecule has 2 aromatic heterocycles. The van der Waals surface area contributed by atoms with Crippen LogP contribution < -0.4 is 0 Å². The predicted molar refractivity (Wildman–Crippen MR) is 192 cm³/mol. The molecule has 46 heavy (non-hydrogen) atoms. The van der Waals surface area contributed by atoms with Crippen LogP contribution in [0.3, 0.4) is 0 Å². The molecule has 0 aliphatic heterocycles. The summed E-state index contributed by atoms with van der Waals surface area (Å²) >= 11 is 0. The highest BCUT2D eigenvalue weighted by Crippen LogP contribution is 2.48.